The number of carbonyl (C=O) groups excluding carboxylic acids is 2. The predicted octanol–water partition coefficient (Wildman–Crippen LogP) is 0.422. The van der Waals surface area contributed by atoms with E-state index in [4.69, 9.17) is 4.74 Å². The molecule has 1 heterocycles. The number of nitrogens with one attached hydrogen (secondary N) is 3. The number of rotatable bonds is 8. The van der Waals surface area contributed by atoms with Gasteiger partial charge in [-0.1, -0.05) is 13.8 Å². The van der Waals surface area contributed by atoms with Crippen LogP contribution in [0, 0.1) is 5.92 Å². The van der Waals surface area contributed by atoms with Crippen LogP contribution in [0.5, 0.6) is 0 Å². The second-order valence-corrected chi connectivity index (χ2v) is 5.93. The number of ether oxygens (including phenoxy) is 1. The monoisotopic (exact) mass is 299 g/mol. The molecule has 0 radical (unpaired) electrons. The molecule has 1 saturated heterocycles. The molecule has 6 nitrogen and oxygen atoms in total. The highest BCUT2D eigenvalue weighted by Gasteiger charge is 2.21. The maximum absolute atomic E-state index is 11.9. The molecule has 21 heavy (non-hydrogen) atoms. The van der Waals surface area contributed by atoms with E-state index in [1.807, 2.05) is 13.8 Å². The lowest BCUT2D eigenvalue weighted by molar-refractivity contribution is -0.130. The van der Waals surface area contributed by atoms with Crippen LogP contribution < -0.4 is 16.0 Å². The van der Waals surface area contributed by atoms with Gasteiger partial charge in [0.15, 0.2) is 0 Å². The average molecular weight is 299 g/mol. The van der Waals surface area contributed by atoms with Crippen LogP contribution in [0.25, 0.3) is 0 Å². The van der Waals surface area contributed by atoms with Crippen LogP contribution in [-0.2, 0) is 14.3 Å². The Hall–Kier alpha value is -1.14. The summed E-state index contributed by atoms with van der Waals surface area (Å²) in [7, 11) is 1.59. The van der Waals surface area contributed by atoms with Gasteiger partial charge in [-0.05, 0) is 38.3 Å². The molecule has 1 rings (SSSR count). The van der Waals surface area contributed by atoms with Crippen LogP contribution in [0.3, 0.4) is 0 Å². The van der Waals surface area contributed by atoms with Crippen molar-refractivity contribution in [3.8, 4) is 0 Å². The molecule has 1 aliphatic heterocycles. The smallest absolute Gasteiger partial charge is 0.242 e. The third-order valence-corrected chi connectivity index (χ3v) is 3.57. The Bertz CT molecular complexity index is 328. The minimum absolute atomic E-state index is 0.127. The van der Waals surface area contributed by atoms with E-state index in [9.17, 15) is 9.59 Å². The first kappa shape index (κ1) is 17.9. The first-order chi connectivity index (χ1) is 10.0. The molecule has 1 unspecified atom stereocenters. The Kier molecular flexibility index (Phi) is 8.30. The van der Waals surface area contributed by atoms with Crippen molar-refractivity contribution < 1.29 is 14.3 Å². The minimum atomic E-state index is -0.457. The summed E-state index contributed by atoms with van der Waals surface area (Å²) in [4.78, 5) is 23.7. The molecule has 1 fully saturated rings. The third kappa shape index (κ3) is 7.43. The van der Waals surface area contributed by atoms with Gasteiger partial charge in [0.25, 0.3) is 0 Å². The summed E-state index contributed by atoms with van der Waals surface area (Å²) >= 11 is 0. The van der Waals surface area contributed by atoms with E-state index in [1.54, 1.807) is 7.05 Å². The summed E-state index contributed by atoms with van der Waals surface area (Å²) in [6, 6.07) is -0.457. The average Bonchev–Trinajstić information content (AvgIpc) is 2.46. The van der Waals surface area contributed by atoms with Crippen molar-refractivity contribution >= 4 is 11.8 Å². The Morgan fingerprint density at radius 2 is 1.95 bits per heavy atom. The van der Waals surface area contributed by atoms with E-state index >= 15 is 0 Å². The molecule has 3 N–H and O–H groups in total. The molecule has 0 saturated carbocycles. The number of carbonyl (C=O) groups is 2. The van der Waals surface area contributed by atoms with Crippen LogP contribution in [-0.4, -0.2) is 50.7 Å². The lowest BCUT2D eigenvalue weighted by Gasteiger charge is -2.23. The van der Waals surface area contributed by atoms with Crippen molar-refractivity contribution in [3.05, 3.63) is 0 Å². The lowest BCUT2D eigenvalue weighted by atomic mass is 10.0. The van der Waals surface area contributed by atoms with Crippen LogP contribution in [0.4, 0.5) is 0 Å². The molecule has 1 atom stereocenters. The fourth-order valence-electron chi connectivity index (χ4n) is 2.42. The highest BCUT2D eigenvalue weighted by molar-refractivity contribution is 5.87. The van der Waals surface area contributed by atoms with Crippen LogP contribution in [0.15, 0.2) is 0 Å². The number of amides is 2. The van der Waals surface area contributed by atoms with Crippen molar-refractivity contribution in [1.82, 2.24) is 16.0 Å². The molecule has 122 valence electrons. The molecular weight excluding hydrogens is 270 g/mol. The molecule has 2 amide bonds. The van der Waals surface area contributed by atoms with Gasteiger partial charge in [0.1, 0.15) is 6.04 Å². The summed E-state index contributed by atoms with van der Waals surface area (Å²) in [5.74, 6) is 0.0769. The normalized spacial score (nSPS) is 17.5. The number of likely N-dealkylation sites (N-methyl/N-ethyl adjacent to an activating group) is 1. The lowest BCUT2D eigenvalue weighted by Crippen LogP contribution is -2.46. The maximum Gasteiger partial charge on any atom is 0.242 e. The number of piperidine rings is 1. The fourth-order valence-corrected chi connectivity index (χ4v) is 2.42. The standard InChI is InChI=1S/C15H29N3O3/c1-11(2)10-13(15(20)16-3)18-14(19)6-9-21-12-4-7-17-8-5-12/h11-13,17H,4-10H2,1-3H3,(H,16,20)(H,18,19). The van der Waals surface area contributed by atoms with E-state index in [1.165, 1.54) is 0 Å². The van der Waals surface area contributed by atoms with E-state index in [0.29, 0.717) is 25.4 Å². The summed E-state index contributed by atoms with van der Waals surface area (Å²) in [5, 5.41) is 8.66. The van der Waals surface area contributed by atoms with Gasteiger partial charge in [-0.2, -0.15) is 0 Å². The molecule has 1 aliphatic rings. The van der Waals surface area contributed by atoms with Crippen molar-refractivity contribution in [2.45, 2.75) is 51.7 Å². The number of hydrogen-bond acceptors (Lipinski definition) is 4. The fraction of sp³-hybridized carbons (Fsp3) is 0.867. The zero-order valence-corrected chi connectivity index (χ0v) is 13.4. The van der Waals surface area contributed by atoms with Crippen LogP contribution in [0.2, 0.25) is 0 Å². The Balaban J connectivity index is 2.27. The molecule has 0 aromatic heterocycles. The van der Waals surface area contributed by atoms with Crippen molar-refractivity contribution in [2.75, 3.05) is 26.7 Å². The molecule has 0 aliphatic carbocycles. The second kappa shape index (κ2) is 9.73. The van der Waals surface area contributed by atoms with Gasteiger partial charge in [-0.15, -0.1) is 0 Å². The van der Waals surface area contributed by atoms with Crippen molar-refractivity contribution in [2.24, 2.45) is 5.92 Å². The van der Waals surface area contributed by atoms with E-state index in [2.05, 4.69) is 16.0 Å². The van der Waals surface area contributed by atoms with E-state index in [0.717, 1.165) is 25.9 Å². The van der Waals surface area contributed by atoms with E-state index in [-0.39, 0.29) is 17.9 Å². The first-order valence-corrected chi connectivity index (χ1v) is 7.86. The Morgan fingerprint density at radius 1 is 1.29 bits per heavy atom. The molecule has 6 heteroatoms. The van der Waals surface area contributed by atoms with Crippen molar-refractivity contribution in [3.63, 3.8) is 0 Å². The maximum atomic E-state index is 11.9. The van der Waals surface area contributed by atoms with Crippen molar-refractivity contribution in [1.29, 1.82) is 0 Å². The minimum Gasteiger partial charge on any atom is -0.378 e. The van der Waals surface area contributed by atoms with E-state index < -0.39 is 6.04 Å². The van der Waals surface area contributed by atoms with Gasteiger partial charge < -0.3 is 20.7 Å². The summed E-state index contributed by atoms with van der Waals surface area (Å²) in [5.41, 5.74) is 0. The molecule has 0 aromatic carbocycles. The van der Waals surface area contributed by atoms with Gasteiger partial charge in [0.2, 0.25) is 11.8 Å². The highest BCUT2D eigenvalue weighted by Crippen LogP contribution is 2.08. The quantitative estimate of drug-likeness (QED) is 0.607. The Labute approximate surface area is 127 Å². The molecular formula is C15H29N3O3. The zero-order chi connectivity index (χ0) is 15.7. The van der Waals surface area contributed by atoms with Gasteiger partial charge >= 0.3 is 0 Å². The number of hydrogen-bond donors (Lipinski definition) is 3. The van der Waals surface area contributed by atoms with Crippen LogP contribution >= 0.6 is 0 Å². The summed E-state index contributed by atoms with van der Waals surface area (Å²) < 4.78 is 5.70. The summed E-state index contributed by atoms with van der Waals surface area (Å²) in [6.07, 6.45) is 3.19. The Morgan fingerprint density at radius 3 is 2.52 bits per heavy atom. The highest BCUT2D eigenvalue weighted by atomic mass is 16.5. The largest absolute Gasteiger partial charge is 0.378 e. The first-order valence-electron chi connectivity index (χ1n) is 7.86. The van der Waals surface area contributed by atoms with Crippen LogP contribution in [0.1, 0.15) is 39.5 Å². The summed E-state index contributed by atoms with van der Waals surface area (Å²) in [6.45, 7) is 6.43. The predicted molar refractivity (Wildman–Crippen MR) is 81.9 cm³/mol. The zero-order valence-electron chi connectivity index (χ0n) is 13.4. The molecule has 0 aromatic rings. The van der Waals surface area contributed by atoms with Gasteiger partial charge in [-0.25, -0.2) is 0 Å². The molecule has 0 bridgehead atoms. The topological polar surface area (TPSA) is 79.5 Å². The van der Waals surface area contributed by atoms with Gasteiger partial charge in [-0.3, -0.25) is 9.59 Å². The SMILES string of the molecule is CNC(=O)C(CC(C)C)NC(=O)CCOC1CCNCC1. The molecule has 0 spiro atoms. The van der Waals surface area contributed by atoms with Gasteiger partial charge in [0.05, 0.1) is 12.7 Å². The third-order valence-electron chi connectivity index (χ3n) is 3.57. The second-order valence-electron chi connectivity index (χ2n) is 5.93. The van der Waals surface area contributed by atoms with Gasteiger partial charge in [0, 0.05) is 13.5 Å².